The summed E-state index contributed by atoms with van der Waals surface area (Å²) in [5.41, 5.74) is 0. The van der Waals surface area contributed by atoms with Gasteiger partial charge in [0.1, 0.15) is 4.90 Å². The van der Waals surface area contributed by atoms with Crippen molar-refractivity contribution < 1.29 is 17.4 Å². The fourth-order valence-corrected chi connectivity index (χ4v) is 1.77. The van der Waals surface area contributed by atoms with E-state index in [0.717, 1.165) is 6.07 Å². The highest BCUT2D eigenvalue weighted by Gasteiger charge is 2.16. The van der Waals surface area contributed by atoms with E-state index >= 15 is 0 Å². The normalized spacial score (nSPS) is 10.7. The van der Waals surface area contributed by atoms with Crippen molar-refractivity contribution in [3.05, 3.63) is 28.5 Å². The summed E-state index contributed by atoms with van der Waals surface area (Å²) < 4.78 is 42.4. The van der Waals surface area contributed by atoms with Crippen molar-refractivity contribution in [2.75, 3.05) is 0 Å². The molecule has 1 N–H and O–H groups in total. The van der Waals surface area contributed by atoms with Gasteiger partial charge in [0.15, 0.2) is 5.82 Å². The Morgan fingerprint density at radius 2 is 1.92 bits per heavy atom. The molecule has 0 amide bonds. The molecule has 0 aliphatic carbocycles. The van der Waals surface area contributed by atoms with Crippen LogP contribution in [0, 0.1) is 5.82 Å². The van der Waals surface area contributed by atoms with E-state index in [1.165, 1.54) is 12.1 Å². The summed E-state index contributed by atoms with van der Waals surface area (Å²) in [6.45, 7) is 0. The Morgan fingerprint density at radius 3 is 2.31 bits per heavy atom. The van der Waals surface area contributed by atoms with Gasteiger partial charge < -0.3 is 0 Å². The van der Waals surface area contributed by atoms with Crippen LogP contribution in [-0.4, -0.2) is 13.0 Å². The van der Waals surface area contributed by atoms with Crippen molar-refractivity contribution in [3.63, 3.8) is 0 Å². The molecule has 0 saturated heterocycles. The smallest absolute Gasteiger partial charge is 0.282 e. The van der Waals surface area contributed by atoms with Gasteiger partial charge in [-0.2, -0.15) is 8.42 Å². The maximum Gasteiger partial charge on any atom is 0.297 e. The summed E-state index contributed by atoms with van der Waals surface area (Å²) in [7, 11) is -4.46. The highest BCUT2D eigenvalue weighted by molar-refractivity contribution is 9.10. The summed E-state index contributed by atoms with van der Waals surface area (Å²) in [4.78, 5) is -0.725. The Labute approximate surface area is 89.2 Å². The summed E-state index contributed by atoms with van der Waals surface area (Å²) in [6.07, 6.45) is 0. The SMILES string of the molecule is Cl.O=S(=O)(O)c1cccc(Br)c1F. The average molecular weight is 292 g/mol. The predicted octanol–water partition coefficient (Wildman–Crippen LogP) is 2.26. The second-order valence-electron chi connectivity index (χ2n) is 2.03. The standard InChI is InChI=1S/C6H4BrFO3S.ClH/c7-4-2-1-3-5(6(4)8)12(9,10)11;/h1-3H,(H,9,10,11);1H. The van der Waals surface area contributed by atoms with Gasteiger partial charge in [-0.1, -0.05) is 6.07 Å². The first-order valence-electron chi connectivity index (χ1n) is 2.84. The summed E-state index contributed by atoms with van der Waals surface area (Å²) in [5, 5.41) is 0. The van der Waals surface area contributed by atoms with Crippen LogP contribution in [0.15, 0.2) is 27.6 Å². The van der Waals surface area contributed by atoms with Crippen molar-refractivity contribution >= 4 is 38.5 Å². The first-order valence-corrected chi connectivity index (χ1v) is 5.08. The van der Waals surface area contributed by atoms with E-state index in [1.807, 2.05) is 0 Å². The molecule has 0 radical (unpaired) electrons. The van der Waals surface area contributed by atoms with Crippen LogP contribution < -0.4 is 0 Å². The number of hydrogen-bond donors (Lipinski definition) is 1. The quantitative estimate of drug-likeness (QED) is 0.808. The monoisotopic (exact) mass is 290 g/mol. The lowest BCUT2D eigenvalue weighted by atomic mass is 10.3. The number of halogens is 3. The van der Waals surface area contributed by atoms with Crippen LogP contribution >= 0.6 is 28.3 Å². The molecular formula is C6H5BrClFO3S. The molecule has 0 aliphatic rings. The Kier molecular flexibility index (Phi) is 4.31. The van der Waals surface area contributed by atoms with Gasteiger partial charge in [-0.3, -0.25) is 4.55 Å². The van der Waals surface area contributed by atoms with Crippen LogP contribution in [0.5, 0.6) is 0 Å². The van der Waals surface area contributed by atoms with E-state index in [1.54, 1.807) is 0 Å². The maximum absolute atomic E-state index is 12.9. The minimum atomic E-state index is -4.46. The lowest BCUT2D eigenvalue weighted by Crippen LogP contribution is -2.01. The molecule has 0 spiro atoms. The molecule has 1 aromatic rings. The Bertz CT molecular complexity index is 406. The minimum absolute atomic E-state index is 0. The first kappa shape index (κ1) is 12.8. The molecule has 1 rings (SSSR count). The second kappa shape index (κ2) is 4.36. The molecule has 13 heavy (non-hydrogen) atoms. The third-order valence-corrected chi connectivity index (χ3v) is 2.68. The fourth-order valence-electron chi connectivity index (χ4n) is 0.683. The minimum Gasteiger partial charge on any atom is -0.282 e. The molecule has 0 heterocycles. The van der Waals surface area contributed by atoms with Gasteiger partial charge in [-0.15, -0.1) is 12.4 Å². The van der Waals surface area contributed by atoms with E-state index in [9.17, 15) is 12.8 Å². The first-order chi connectivity index (χ1) is 5.43. The van der Waals surface area contributed by atoms with Gasteiger partial charge in [-0.05, 0) is 28.1 Å². The van der Waals surface area contributed by atoms with Crippen LogP contribution in [0.25, 0.3) is 0 Å². The highest BCUT2D eigenvalue weighted by Crippen LogP contribution is 2.21. The number of rotatable bonds is 1. The molecule has 7 heteroatoms. The molecule has 0 atom stereocenters. The van der Waals surface area contributed by atoms with Gasteiger partial charge in [0.05, 0.1) is 4.47 Å². The Balaban J connectivity index is 0.00000144. The largest absolute Gasteiger partial charge is 0.297 e. The topological polar surface area (TPSA) is 54.4 Å². The van der Waals surface area contributed by atoms with E-state index in [4.69, 9.17) is 4.55 Å². The second-order valence-corrected chi connectivity index (χ2v) is 4.27. The molecular weight excluding hydrogens is 286 g/mol. The molecule has 0 bridgehead atoms. The van der Waals surface area contributed by atoms with Crippen molar-refractivity contribution in [3.8, 4) is 0 Å². The van der Waals surface area contributed by atoms with Crippen molar-refractivity contribution in [1.29, 1.82) is 0 Å². The van der Waals surface area contributed by atoms with Crippen molar-refractivity contribution in [2.45, 2.75) is 4.90 Å². The third-order valence-electron chi connectivity index (χ3n) is 1.19. The van der Waals surface area contributed by atoms with Gasteiger partial charge in [0.25, 0.3) is 10.1 Å². The summed E-state index contributed by atoms with van der Waals surface area (Å²) in [6, 6.07) is 3.63. The molecule has 0 aliphatic heterocycles. The van der Waals surface area contributed by atoms with Crippen LogP contribution in [0.3, 0.4) is 0 Å². The summed E-state index contributed by atoms with van der Waals surface area (Å²) in [5.74, 6) is -0.986. The average Bonchev–Trinajstić information content (AvgIpc) is 1.92. The molecule has 0 fully saturated rings. The Morgan fingerprint density at radius 1 is 1.38 bits per heavy atom. The lowest BCUT2D eigenvalue weighted by molar-refractivity contribution is 0.472. The van der Waals surface area contributed by atoms with Crippen LogP contribution in [0.1, 0.15) is 0 Å². The van der Waals surface area contributed by atoms with Gasteiger partial charge in [-0.25, -0.2) is 4.39 Å². The molecule has 74 valence electrons. The predicted molar refractivity (Wildman–Crippen MR) is 51.2 cm³/mol. The zero-order chi connectivity index (χ0) is 9.35. The van der Waals surface area contributed by atoms with Gasteiger partial charge in [0, 0.05) is 0 Å². The van der Waals surface area contributed by atoms with E-state index in [2.05, 4.69) is 15.9 Å². The number of hydrogen-bond acceptors (Lipinski definition) is 2. The molecule has 1 aromatic carbocycles. The van der Waals surface area contributed by atoms with Crippen LogP contribution in [0.2, 0.25) is 0 Å². The van der Waals surface area contributed by atoms with Crippen LogP contribution in [0.4, 0.5) is 4.39 Å². The fraction of sp³-hybridized carbons (Fsp3) is 0. The van der Waals surface area contributed by atoms with E-state index in [-0.39, 0.29) is 16.9 Å². The zero-order valence-electron chi connectivity index (χ0n) is 6.07. The summed E-state index contributed by atoms with van der Waals surface area (Å²) >= 11 is 2.79. The Hall–Kier alpha value is -0.170. The molecule has 0 aromatic heterocycles. The van der Waals surface area contributed by atoms with Crippen molar-refractivity contribution in [2.24, 2.45) is 0 Å². The van der Waals surface area contributed by atoms with E-state index in [0.29, 0.717) is 0 Å². The highest BCUT2D eigenvalue weighted by atomic mass is 79.9. The van der Waals surface area contributed by atoms with Crippen LogP contribution in [-0.2, 0) is 10.1 Å². The maximum atomic E-state index is 12.9. The lowest BCUT2D eigenvalue weighted by Gasteiger charge is -1.99. The zero-order valence-corrected chi connectivity index (χ0v) is 9.29. The third kappa shape index (κ3) is 2.91. The van der Waals surface area contributed by atoms with Gasteiger partial charge in [0.2, 0.25) is 0 Å². The van der Waals surface area contributed by atoms with Crippen molar-refractivity contribution in [1.82, 2.24) is 0 Å². The molecule has 0 unspecified atom stereocenters. The molecule has 0 saturated carbocycles. The molecule has 3 nitrogen and oxygen atoms in total. The van der Waals surface area contributed by atoms with E-state index < -0.39 is 20.8 Å². The number of benzene rings is 1. The van der Waals surface area contributed by atoms with Gasteiger partial charge >= 0.3 is 0 Å².